The van der Waals surface area contributed by atoms with Gasteiger partial charge in [-0.2, -0.15) is 0 Å². The molecule has 0 aliphatic heterocycles. The summed E-state index contributed by atoms with van der Waals surface area (Å²) in [5.74, 6) is 0.505. The molecule has 0 heterocycles. The van der Waals surface area contributed by atoms with Crippen LogP contribution in [0.5, 0.6) is 0 Å². The van der Waals surface area contributed by atoms with E-state index in [1.807, 2.05) is 19.9 Å². The number of hydrogen-bond donors (Lipinski definition) is 0. The molecule has 80 valence electrons. The molecule has 1 unspecified atom stereocenters. The molecular weight excluding hydrogens is 168 g/mol. The fourth-order valence-electron chi connectivity index (χ4n) is 1.49. The third-order valence-electron chi connectivity index (χ3n) is 2.52. The Bertz CT molecular complexity index is 218. The third kappa shape index (κ3) is 4.45. The molecule has 1 aliphatic carbocycles. The molecule has 0 N–H and O–H groups in total. The highest BCUT2D eigenvalue weighted by Crippen LogP contribution is 2.26. The van der Waals surface area contributed by atoms with Crippen LogP contribution in [0.4, 0.5) is 0 Å². The lowest BCUT2D eigenvalue weighted by molar-refractivity contribution is 0.895. The first-order valence-corrected chi connectivity index (χ1v) is 5.73. The summed E-state index contributed by atoms with van der Waals surface area (Å²) < 4.78 is 0. The maximum atomic E-state index is 3.76. The van der Waals surface area contributed by atoms with Crippen LogP contribution < -0.4 is 0 Å². The smallest absolute Gasteiger partial charge is 0.00813 e. The van der Waals surface area contributed by atoms with Crippen molar-refractivity contribution in [3.63, 3.8) is 0 Å². The van der Waals surface area contributed by atoms with Crippen molar-refractivity contribution >= 4 is 0 Å². The van der Waals surface area contributed by atoms with E-state index >= 15 is 0 Å². The van der Waals surface area contributed by atoms with Gasteiger partial charge in [-0.25, -0.2) is 0 Å². The molecule has 0 saturated carbocycles. The lowest BCUT2D eigenvalue weighted by Gasteiger charge is -1.98. The van der Waals surface area contributed by atoms with Crippen molar-refractivity contribution in [3.05, 3.63) is 36.0 Å². The molecule has 0 heteroatoms. The predicted octanol–water partition coefficient (Wildman–Crippen LogP) is 4.89. The quantitative estimate of drug-likeness (QED) is 0.558. The Morgan fingerprint density at radius 2 is 1.93 bits per heavy atom. The molecule has 1 atom stereocenters. The van der Waals surface area contributed by atoms with Crippen molar-refractivity contribution in [2.45, 2.75) is 47.0 Å². The molecule has 0 aromatic rings. The summed E-state index contributed by atoms with van der Waals surface area (Å²) in [4.78, 5) is 0. The molecule has 0 bridgehead atoms. The van der Waals surface area contributed by atoms with Crippen LogP contribution in [0, 0.1) is 5.92 Å². The minimum atomic E-state index is 0.505. The van der Waals surface area contributed by atoms with Gasteiger partial charge in [0.2, 0.25) is 0 Å². The molecule has 1 aliphatic rings. The van der Waals surface area contributed by atoms with Gasteiger partial charge in [0.15, 0.2) is 0 Å². The van der Waals surface area contributed by atoms with Gasteiger partial charge >= 0.3 is 0 Å². The fourth-order valence-corrected chi connectivity index (χ4v) is 1.49. The average molecular weight is 192 g/mol. The van der Waals surface area contributed by atoms with Crippen LogP contribution in [-0.4, -0.2) is 0 Å². The van der Waals surface area contributed by atoms with Gasteiger partial charge in [0.25, 0.3) is 0 Å². The van der Waals surface area contributed by atoms with Crippen LogP contribution in [0.25, 0.3) is 0 Å². The van der Waals surface area contributed by atoms with Crippen LogP contribution in [0.15, 0.2) is 36.0 Å². The second-order valence-electron chi connectivity index (χ2n) is 3.61. The van der Waals surface area contributed by atoms with Crippen molar-refractivity contribution in [1.29, 1.82) is 0 Å². The van der Waals surface area contributed by atoms with Gasteiger partial charge in [-0.05, 0) is 37.7 Å². The Morgan fingerprint density at radius 1 is 1.29 bits per heavy atom. The van der Waals surface area contributed by atoms with Gasteiger partial charge in [-0.3, -0.25) is 0 Å². The standard InChI is InChI=1S/C12H18.C2H6/c1-4-10(2)8-9-12-7-5-6-11(12)3;1-2/h4,8-10H,1,5-7H2,2-3H3;1-2H3/b9-8-;. The highest BCUT2D eigenvalue weighted by atomic mass is 14.1. The van der Waals surface area contributed by atoms with Crippen molar-refractivity contribution in [3.8, 4) is 0 Å². The van der Waals surface area contributed by atoms with E-state index in [4.69, 9.17) is 0 Å². The molecule has 0 radical (unpaired) electrons. The molecule has 0 saturated heterocycles. The van der Waals surface area contributed by atoms with E-state index in [1.54, 1.807) is 11.1 Å². The molecule has 0 spiro atoms. The van der Waals surface area contributed by atoms with E-state index in [-0.39, 0.29) is 0 Å². The van der Waals surface area contributed by atoms with E-state index in [2.05, 4.69) is 32.6 Å². The van der Waals surface area contributed by atoms with Gasteiger partial charge in [0.1, 0.15) is 0 Å². The minimum absolute atomic E-state index is 0.505. The summed E-state index contributed by atoms with van der Waals surface area (Å²) in [6.45, 7) is 12.2. The predicted molar refractivity (Wildman–Crippen MR) is 66.4 cm³/mol. The number of allylic oxidation sites excluding steroid dienone is 5. The highest BCUT2D eigenvalue weighted by molar-refractivity contribution is 5.28. The Balaban J connectivity index is 0.000000791. The van der Waals surface area contributed by atoms with Crippen LogP contribution in [0.1, 0.15) is 47.0 Å². The topological polar surface area (TPSA) is 0 Å². The number of hydrogen-bond acceptors (Lipinski definition) is 0. The molecule has 0 aromatic carbocycles. The summed E-state index contributed by atoms with van der Waals surface area (Å²) in [6.07, 6.45) is 10.4. The first kappa shape index (κ1) is 13.2. The van der Waals surface area contributed by atoms with Gasteiger partial charge in [0.05, 0.1) is 0 Å². The summed E-state index contributed by atoms with van der Waals surface area (Å²) in [7, 11) is 0. The van der Waals surface area contributed by atoms with Crippen molar-refractivity contribution < 1.29 is 0 Å². The van der Waals surface area contributed by atoms with Crippen molar-refractivity contribution in [2.75, 3.05) is 0 Å². The van der Waals surface area contributed by atoms with Crippen LogP contribution in [0.3, 0.4) is 0 Å². The highest BCUT2D eigenvalue weighted by Gasteiger charge is 2.06. The third-order valence-corrected chi connectivity index (χ3v) is 2.52. The monoisotopic (exact) mass is 192 g/mol. The Kier molecular flexibility index (Phi) is 7.18. The number of rotatable bonds is 3. The maximum absolute atomic E-state index is 3.76. The molecular formula is C14H24. The maximum Gasteiger partial charge on any atom is -0.00813 e. The Morgan fingerprint density at radius 3 is 2.36 bits per heavy atom. The van der Waals surface area contributed by atoms with Gasteiger partial charge in [-0.1, -0.05) is 44.6 Å². The minimum Gasteiger partial charge on any atom is -0.102 e. The zero-order valence-electron chi connectivity index (χ0n) is 10.1. The van der Waals surface area contributed by atoms with E-state index in [9.17, 15) is 0 Å². The largest absolute Gasteiger partial charge is 0.102 e. The summed E-state index contributed by atoms with van der Waals surface area (Å²) >= 11 is 0. The van der Waals surface area contributed by atoms with E-state index < -0.39 is 0 Å². The second kappa shape index (κ2) is 7.61. The molecule has 0 fully saturated rings. The lowest BCUT2D eigenvalue weighted by atomic mass is 10.1. The molecule has 1 rings (SSSR count). The van der Waals surface area contributed by atoms with Crippen LogP contribution in [0.2, 0.25) is 0 Å². The average Bonchev–Trinajstić information content (AvgIpc) is 2.63. The van der Waals surface area contributed by atoms with Crippen LogP contribution >= 0.6 is 0 Å². The molecule has 14 heavy (non-hydrogen) atoms. The zero-order chi connectivity index (χ0) is 11.0. The molecule has 0 aromatic heterocycles. The van der Waals surface area contributed by atoms with Gasteiger partial charge in [0, 0.05) is 0 Å². The first-order chi connectivity index (χ1) is 6.74. The fraction of sp³-hybridized carbons (Fsp3) is 0.571. The van der Waals surface area contributed by atoms with Gasteiger partial charge < -0.3 is 0 Å². The normalized spacial score (nSPS) is 18.0. The summed E-state index contributed by atoms with van der Waals surface area (Å²) in [6, 6.07) is 0. The van der Waals surface area contributed by atoms with Crippen molar-refractivity contribution in [1.82, 2.24) is 0 Å². The first-order valence-electron chi connectivity index (χ1n) is 5.73. The summed E-state index contributed by atoms with van der Waals surface area (Å²) in [5.41, 5.74) is 3.12. The lowest BCUT2D eigenvalue weighted by Crippen LogP contribution is -1.81. The van der Waals surface area contributed by atoms with E-state index in [0.29, 0.717) is 5.92 Å². The Hall–Kier alpha value is -0.780. The SMILES string of the molecule is C=CC(C)/C=C\C1=C(C)CCC1.CC. The zero-order valence-corrected chi connectivity index (χ0v) is 10.1. The van der Waals surface area contributed by atoms with E-state index in [0.717, 1.165) is 0 Å². The second-order valence-corrected chi connectivity index (χ2v) is 3.61. The summed E-state index contributed by atoms with van der Waals surface area (Å²) in [5, 5.41) is 0. The molecule has 0 nitrogen and oxygen atoms in total. The van der Waals surface area contributed by atoms with Gasteiger partial charge in [-0.15, -0.1) is 6.58 Å². The molecule has 0 amide bonds. The van der Waals surface area contributed by atoms with Crippen LogP contribution in [-0.2, 0) is 0 Å². The van der Waals surface area contributed by atoms with E-state index in [1.165, 1.54) is 19.3 Å². The Labute approximate surface area is 89.4 Å². The van der Waals surface area contributed by atoms with Crippen molar-refractivity contribution in [2.24, 2.45) is 5.92 Å².